The van der Waals surface area contributed by atoms with Gasteiger partial charge in [0, 0.05) is 13.6 Å². The number of nitrogens with two attached hydrogens (primary N) is 1. The number of nitrogens with one attached hydrogen (secondary N) is 2. The molecule has 0 saturated heterocycles. The molecule has 0 aliphatic carbocycles. The van der Waals surface area contributed by atoms with Crippen molar-refractivity contribution in [3.63, 3.8) is 0 Å². The van der Waals surface area contributed by atoms with E-state index in [0.29, 0.717) is 13.1 Å². The Balaban J connectivity index is 3.39. The first kappa shape index (κ1) is 10.8. The molecule has 0 fully saturated rings. The van der Waals surface area contributed by atoms with Gasteiger partial charge in [0.1, 0.15) is 0 Å². The van der Waals surface area contributed by atoms with Gasteiger partial charge in [0.05, 0.1) is 0 Å². The predicted octanol–water partition coefficient (Wildman–Crippen LogP) is -1.22. The van der Waals surface area contributed by atoms with Crippen molar-refractivity contribution in [3.8, 4) is 0 Å². The van der Waals surface area contributed by atoms with Gasteiger partial charge in [0.15, 0.2) is 0 Å². The van der Waals surface area contributed by atoms with Crippen LogP contribution in [0, 0.1) is 0 Å². The molecule has 0 aromatic carbocycles. The highest BCUT2D eigenvalue weighted by Crippen LogP contribution is 1.83. The first-order chi connectivity index (χ1) is 5.12. The molecule has 0 bridgehead atoms. The molecule has 0 spiro atoms. The van der Waals surface area contributed by atoms with E-state index in [9.17, 15) is 8.42 Å². The molecular weight excluding hydrogens is 166 g/mol. The lowest BCUT2D eigenvalue weighted by atomic mass is 10.3. The largest absolute Gasteiger partial charge is 0.330 e. The van der Waals surface area contributed by atoms with E-state index in [-0.39, 0.29) is 0 Å². The minimum absolute atomic E-state index is 0.445. The van der Waals surface area contributed by atoms with Crippen molar-refractivity contribution in [2.75, 3.05) is 20.1 Å². The molecule has 0 aliphatic heterocycles. The summed E-state index contributed by atoms with van der Waals surface area (Å²) in [4.78, 5) is 0. The monoisotopic (exact) mass is 181 g/mol. The van der Waals surface area contributed by atoms with Crippen LogP contribution in [0.1, 0.15) is 12.8 Å². The Labute approximate surface area is 67.5 Å². The molecule has 0 rings (SSSR count). The minimum Gasteiger partial charge on any atom is -0.330 e. The van der Waals surface area contributed by atoms with Gasteiger partial charge in [-0.05, 0) is 19.4 Å². The van der Waals surface area contributed by atoms with E-state index >= 15 is 0 Å². The fraction of sp³-hybridized carbons (Fsp3) is 1.00. The third kappa shape index (κ3) is 6.24. The van der Waals surface area contributed by atoms with E-state index in [2.05, 4.69) is 9.44 Å². The third-order valence-electron chi connectivity index (χ3n) is 1.19. The molecule has 0 aromatic heterocycles. The highest BCUT2D eigenvalue weighted by atomic mass is 32.2. The van der Waals surface area contributed by atoms with Crippen molar-refractivity contribution in [3.05, 3.63) is 0 Å². The Hall–Kier alpha value is -0.170. The highest BCUT2D eigenvalue weighted by Gasteiger charge is 2.02. The fourth-order valence-electron chi connectivity index (χ4n) is 0.548. The zero-order valence-electron chi connectivity index (χ0n) is 6.63. The molecule has 4 N–H and O–H groups in total. The smallest absolute Gasteiger partial charge is 0.276 e. The van der Waals surface area contributed by atoms with Crippen LogP contribution in [0.4, 0.5) is 0 Å². The van der Waals surface area contributed by atoms with E-state index in [4.69, 9.17) is 5.73 Å². The third-order valence-corrected chi connectivity index (χ3v) is 2.31. The predicted molar refractivity (Wildman–Crippen MR) is 44.3 cm³/mol. The second-order valence-electron chi connectivity index (χ2n) is 2.10. The van der Waals surface area contributed by atoms with E-state index in [1.165, 1.54) is 7.05 Å². The van der Waals surface area contributed by atoms with Gasteiger partial charge in [-0.3, -0.25) is 0 Å². The summed E-state index contributed by atoms with van der Waals surface area (Å²) in [6.45, 7) is 1.04. The van der Waals surface area contributed by atoms with Gasteiger partial charge in [-0.25, -0.2) is 9.44 Å². The number of rotatable bonds is 6. The summed E-state index contributed by atoms with van der Waals surface area (Å²) in [5.74, 6) is 0. The summed E-state index contributed by atoms with van der Waals surface area (Å²) in [5, 5.41) is 0. The molecule has 0 aromatic rings. The molecule has 0 heterocycles. The van der Waals surface area contributed by atoms with E-state index < -0.39 is 10.2 Å². The Morgan fingerprint density at radius 3 is 2.45 bits per heavy atom. The Bertz CT molecular complexity index is 178. The molecule has 0 radical (unpaired) electrons. The van der Waals surface area contributed by atoms with Gasteiger partial charge < -0.3 is 5.73 Å². The van der Waals surface area contributed by atoms with Crippen LogP contribution in [0.3, 0.4) is 0 Å². The lowest BCUT2D eigenvalue weighted by Gasteiger charge is -2.02. The molecule has 11 heavy (non-hydrogen) atoms. The molecule has 0 amide bonds. The van der Waals surface area contributed by atoms with Crippen molar-refractivity contribution in [2.24, 2.45) is 5.73 Å². The van der Waals surface area contributed by atoms with Crippen LogP contribution in [0.2, 0.25) is 0 Å². The van der Waals surface area contributed by atoms with Crippen LogP contribution in [0.5, 0.6) is 0 Å². The summed E-state index contributed by atoms with van der Waals surface area (Å²) in [6.07, 6.45) is 1.61. The van der Waals surface area contributed by atoms with Crippen LogP contribution in [0.15, 0.2) is 0 Å². The van der Waals surface area contributed by atoms with Gasteiger partial charge in [-0.2, -0.15) is 8.42 Å². The van der Waals surface area contributed by atoms with Crippen molar-refractivity contribution in [2.45, 2.75) is 12.8 Å². The zero-order valence-corrected chi connectivity index (χ0v) is 7.45. The van der Waals surface area contributed by atoms with Crippen LogP contribution in [-0.4, -0.2) is 28.6 Å². The topological polar surface area (TPSA) is 84.2 Å². The standard InChI is InChI=1S/C5H15N3O2S/c1-7-11(9,10)8-5-3-2-4-6/h7-8H,2-6H2,1H3. The molecule has 0 aliphatic rings. The molecule has 0 unspecified atom stereocenters. The maximum absolute atomic E-state index is 10.7. The summed E-state index contributed by atoms with van der Waals surface area (Å²) < 4.78 is 25.9. The quantitative estimate of drug-likeness (QED) is 0.449. The maximum Gasteiger partial charge on any atom is 0.276 e. The van der Waals surface area contributed by atoms with Gasteiger partial charge in [0.2, 0.25) is 0 Å². The lowest BCUT2D eigenvalue weighted by Crippen LogP contribution is -2.34. The Kier molecular flexibility index (Phi) is 5.39. The first-order valence-electron chi connectivity index (χ1n) is 3.50. The van der Waals surface area contributed by atoms with Crippen LogP contribution >= 0.6 is 0 Å². The second kappa shape index (κ2) is 5.48. The molecule has 6 heteroatoms. The molecule has 0 atom stereocenters. The summed E-state index contributed by atoms with van der Waals surface area (Å²) in [6, 6.07) is 0. The SMILES string of the molecule is CNS(=O)(=O)NCCCCN. The second-order valence-corrected chi connectivity index (χ2v) is 3.80. The molecular formula is C5H15N3O2S. The zero-order chi connectivity index (χ0) is 8.74. The van der Waals surface area contributed by atoms with Crippen LogP contribution in [0.25, 0.3) is 0 Å². The molecule has 0 saturated carbocycles. The molecule has 68 valence electrons. The Morgan fingerprint density at radius 1 is 1.36 bits per heavy atom. The summed E-state index contributed by atoms with van der Waals surface area (Å²) in [7, 11) is -1.87. The van der Waals surface area contributed by atoms with E-state index in [1.807, 2.05) is 0 Å². The van der Waals surface area contributed by atoms with E-state index in [1.54, 1.807) is 0 Å². The average molecular weight is 181 g/mol. The summed E-state index contributed by atoms with van der Waals surface area (Å²) >= 11 is 0. The van der Waals surface area contributed by atoms with Crippen molar-refractivity contribution < 1.29 is 8.42 Å². The number of unbranched alkanes of at least 4 members (excludes halogenated alkanes) is 1. The van der Waals surface area contributed by atoms with Gasteiger partial charge >= 0.3 is 0 Å². The Morgan fingerprint density at radius 2 is 2.00 bits per heavy atom. The number of hydrogen-bond donors (Lipinski definition) is 3. The van der Waals surface area contributed by atoms with Gasteiger partial charge in [-0.1, -0.05) is 0 Å². The van der Waals surface area contributed by atoms with Crippen molar-refractivity contribution >= 4 is 10.2 Å². The number of hydrogen-bond acceptors (Lipinski definition) is 3. The first-order valence-corrected chi connectivity index (χ1v) is 4.99. The van der Waals surface area contributed by atoms with Gasteiger partial charge in [0.25, 0.3) is 10.2 Å². The maximum atomic E-state index is 10.7. The normalized spacial score (nSPS) is 11.8. The molecule has 5 nitrogen and oxygen atoms in total. The van der Waals surface area contributed by atoms with E-state index in [0.717, 1.165) is 12.8 Å². The van der Waals surface area contributed by atoms with Crippen molar-refractivity contribution in [1.29, 1.82) is 0 Å². The average Bonchev–Trinajstić information content (AvgIpc) is 1.99. The van der Waals surface area contributed by atoms with Crippen molar-refractivity contribution in [1.82, 2.24) is 9.44 Å². The summed E-state index contributed by atoms with van der Waals surface area (Å²) in [5.41, 5.74) is 5.22. The van der Waals surface area contributed by atoms with Gasteiger partial charge in [-0.15, -0.1) is 0 Å². The van der Waals surface area contributed by atoms with Crippen LogP contribution in [-0.2, 0) is 10.2 Å². The fourth-order valence-corrected chi connectivity index (χ4v) is 1.11. The van der Waals surface area contributed by atoms with Crippen LogP contribution < -0.4 is 15.2 Å². The highest BCUT2D eigenvalue weighted by molar-refractivity contribution is 7.87. The minimum atomic E-state index is -3.24. The lowest BCUT2D eigenvalue weighted by molar-refractivity contribution is 0.569.